The predicted molar refractivity (Wildman–Crippen MR) is 134 cm³/mol. The Bertz CT molecular complexity index is 1460. The van der Waals surface area contributed by atoms with Gasteiger partial charge in [-0.3, -0.25) is 4.68 Å². The first-order valence-electron chi connectivity index (χ1n) is 11.8. The Labute approximate surface area is 204 Å². The number of fused-ring (bicyclic) bond motifs is 1. The van der Waals surface area contributed by atoms with Crippen molar-refractivity contribution in [3.8, 4) is 5.69 Å². The molecule has 1 saturated heterocycles. The fraction of sp³-hybridized carbons (Fsp3) is 0.360. The molecule has 0 saturated carbocycles. The van der Waals surface area contributed by atoms with E-state index in [0.717, 1.165) is 28.7 Å². The average molecular weight is 497 g/mol. The molecule has 184 valence electrons. The van der Waals surface area contributed by atoms with Crippen molar-refractivity contribution in [3.05, 3.63) is 66.4 Å². The van der Waals surface area contributed by atoms with Crippen LogP contribution in [0.2, 0.25) is 0 Å². The number of aromatic nitrogens is 4. The van der Waals surface area contributed by atoms with Crippen LogP contribution < -0.4 is 4.90 Å². The number of hydrogen-bond acceptors (Lipinski definition) is 5. The highest BCUT2D eigenvalue weighted by atomic mass is 32.2. The van der Waals surface area contributed by atoms with Gasteiger partial charge in [-0.2, -0.15) is 14.5 Å². The maximum absolute atomic E-state index is 13.4. The van der Waals surface area contributed by atoms with Crippen molar-refractivity contribution in [2.75, 3.05) is 24.5 Å². The van der Waals surface area contributed by atoms with Crippen molar-refractivity contribution in [1.29, 1.82) is 0 Å². The summed E-state index contributed by atoms with van der Waals surface area (Å²) in [6, 6.07) is 12.1. The summed E-state index contributed by atoms with van der Waals surface area (Å²) in [5.74, 6) is -0.285. The first-order chi connectivity index (χ1) is 16.8. The molecule has 4 aromatic rings. The summed E-state index contributed by atoms with van der Waals surface area (Å²) < 4.78 is 45.3. The highest BCUT2D eigenvalue weighted by molar-refractivity contribution is 7.89. The molecule has 2 aromatic heterocycles. The zero-order chi connectivity index (χ0) is 24.7. The van der Waals surface area contributed by atoms with Gasteiger partial charge in [0.25, 0.3) is 0 Å². The van der Waals surface area contributed by atoms with Crippen molar-refractivity contribution in [2.24, 2.45) is 0 Å². The van der Waals surface area contributed by atoms with Crippen molar-refractivity contribution >= 4 is 26.6 Å². The largest absolute Gasteiger partial charge is 0.369 e. The molecule has 0 amide bonds. The van der Waals surface area contributed by atoms with Crippen molar-refractivity contribution in [2.45, 2.75) is 44.7 Å². The molecular weight excluding hydrogens is 467 g/mol. The molecule has 1 aliphatic heterocycles. The van der Waals surface area contributed by atoms with Gasteiger partial charge in [0, 0.05) is 43.3 Å². The number of hydrogen-bond donors (Lipinski definition) is 0. The summed E-state index contributed by atoms with van der Waals surface area (Å²) in [5, 5.41) is 9.73. The fourth-order valence-corrected chi connectivity index (χ4v) is 6.56. The van der Waals surface area contributed by atoms with E-state index in [4.69, 9.17) is 0 Å². The third-order valence-corrected chi connectivity index (χ3v) is 8.75. The first kappa shape index (κ1) is 23.5. The van der Waals surface area contributed by atoms with Crippen LogP contribution in [0.3, 0.4) is 0 Å². The molecule has 1 unspecified atom stereocenters. The maximum atomic E-state index is 13.4. The molecule has 3 heterocycles. The van der Waals surface area contributed by atoms with Crippen molar-refractivity contribution < 1.29 is 12.8 Å². The highest BCUT2D eigenvalue weighted by Gasteiger charge is 2.35. The molecule has 0 aliphatic carbocycles. The lowest BCUT2D eigenvalue weighted by molar-refractivity contribution is 0.306. The molecule has 8 nitrogen and oxygen atoms in total. The number of benzene rings is 2. The monoisotopic (exact) mass is 496 g/mol. The molecule has 1 fully saturated rings. The standard InChI is InChI=1S/C25H29FN6O2S/c1-4-11-30-19(3)25(16-27-30)35(33,34)31-13-12-29(17-18(31)2)23-9-10-24-20(14-23)15-28-32(24)22-7-5-21(26)6-8-22/h5-10,14-16,18H,4,11-13,17H2,1-3H3. The lowest BCUT2D eigenvalue weighted by Gasteiger charge is -2.40. The number of nitrogens with zero attached hydrogens (tertiary/aromatic N) is 6. The number of piperazine rings is 1. The van der Waals surface area contributed by atoms with Crippen LogP contribution in [0.25, 0.3) is 16.6 Å². The maximum Gasteiger partial charge on any atom is 0.246 e. The van der Waals surface area contributed by atoms with Crippen LogP contribution in [0, 0.1) is 12.7 Å². The Morgan fingerprint density at radius 1 is 1.03 bits per heavy atom. The Hall–Kier alpha value is -3.24. The lowest BCUT2D eigenvalue weighted by Crippen LogP contribution is -2.54. The van der Waals surface area contributed by atoms with Crippen LogP contribution in [0.1, 0.15) is 26.0 Å². The van der Waals surface area contributed by atoms with Crippen LogP contribution >= 0.6 is 0 Å². The number of rotatable bonds is 6. The van der Waals surface area contributed by atoms with E-state index in [1.54, 1.807) is 32.0 Å². The van der Waals surface area contributed by atoms with Crippen molar-refractivity contribution in [1.82, 2.24) is 23.9 Å². The van der Waals surface area contributed by atoms with Crippen LogP contribution in [0.15, 0.2) is 59.8 Å². The summed E-state index contributed by atoms with van der Waals surface area (Å²) in [5.41, 5.74) is 3.42. The Morgan fingerprint density at radius 2 is 1.77 bits per heavy atom. The molecule has 35 heavy (non-hydrogen) atoms. The Balaban J connectivity index is 1.35. The second-order valence-corrected chi connectivity index (χ2v) is 10.9. The fourth-order valence-electron chi connectivity index (χ4n) is 4.78. The topological polar surface area (TPSA) is 76.3 Å². The molecule has 5 rings (SSSR count). The van der Waals surface area contributed by atoms with E-state index in [2.05, 4.69) is 21.2 Å². The van der Waals surface area contributed by atoms with E-state index in [0.29, 0.717) is 36.8 Å². The Morgan fingerprint density at radius 3 is 2.49 bits per heavy atom. The van der Waals surface area contributed by atoms with Gasteiger partial charge in [-0.05, 0) is 62.7 Å². The second-order valence-electron chi connectivity index (χ2n) is 9.00. The summed E-state index contributed by atoms with van der Waals surface area (Å²) >= 11 is 0. The van der Waals surface area contributed by atoms with Gasteiger partial charge in [-0.15, -0.1) is 0 Å². The molecule has 10 heteroatoms. The predicted octanol–water partition coefficient (Wildman–Crippen LogP) is 3.98. The van der Waals surface area contributed by atoms with Gasteiger partial charge >= 0.3 is 0 Å². The van der Waals surface area contributed by atoms with Crippen molar-refractivity contribution in [3.63, 3.8) is 0 Å². The van der Waals surface area contributed by atoms with Crippen LogP contribution in [0.5, 0.6) is 0 Å². The van der Waals surface area contributed by atoms with Crippen LogP contribution in [-0.2, 0) is 16.6 Å². The normalized spacial score (nSPS) is 17.4. The summed E-state index contributed by atoms with van der Waals surface area (Å²) in [7, 11) is -3.63. The minimum absolute atomic E-state index is 0.194. The number of sulfonamides is 1. The van der Waals surface area contributed by atoms with E-state index in [1.807, 2.05) is 32.9 Å². The van der Waals surface area contributed by atoms with Gasteiger partial charge in [0.05, 0.1) is 29.3 Å². The molecule has 0 radical (unpaired) electrons. The molecule has 0 bridgehead atoms. The number of halogens is 1. The van der Waals surface area contributed by atoms with E-state index < -0.39 is 10.0 Å². The second kappa shape index (κ2) is 9.09. The summed E-state index contributed by atoms with van der Waals surface area (Å²) in [6.07, 6.45) is 4.17. The summed E-state index contributed by atoms with van der Waals surface area (Å²) in [4.78, 5) is 2.50. The average Bonchev–Trinajstić information content (AvgIpc) is 3.43. The third kappa shape index (κ3) is 4.21. The van der Waals surface area contributed by atoms with E-state index in [9.17, 15) is 12.8 Å². The third-order valence-electron chi connectivity index (χ3n) is 6.63. The molecule has 1 atom stereocenters. The highest BCUT2D eigenvalue weighted by Crippen LogP contribution is 2.29. The zero-order valence-corrected chi connectivity index (χ0v) is 20.9. The molecular formula is C25H29FN6O2S. The molecule has 0 spiro atoms. The zero-order valence-electron chi connectivity index (χ0n) is 20.1. The number of aryl methyl sites for hydroxylation is 1. The van der Waals surface area contributed by atoms with Gasteiger partial charge in [0.1, 0.15) is 10.7 Å². The SMILES string of the molecule is CCCn1ncc(S(=O)(=O)N2CCN(c3ccc4c(cnn4-c4ccc(F)cc4)c3)CC2C)c1C. The van der Waals surface area contributed by atoms with Crippen LogP contribution in [-0.4, -0.2) is 58.0 Å². The quantitative estimate of drug-likeness (QED) is 0.404. The Kier molecular flexibility index (Phi) is 6.10. The minimum Gasteiger partial charge on any atom is -0.369 e. The van der Waals surface area contributed by atoms with Gasteiger partial charge < -0.3 is 4.90 Å². The van der Waals surface area contributed by atoms with E-state index in [-0.39, 0.29) is 11.9 Å². The van der Waals surface area contributed by atoms with Gasteiger partial charge in [0.15, 0.2) is 0 Å². The first-order valence-corrected chi connectivity index (χ1v) is 13.3. The van der Waals surface area contributed by atoms with Crippen LogP contribution in [0.4, 0.5) is 10.1 Å². The van der Waals surface area contributed by atoms with E-state index >= 15 is 0 Å². The van der Waals surface area contributed by atoms with Gasteiger partial charge in [-0.1, -0.05) is 6.92 Å². The summed E-state index contributed by atoms with van der Waals surface area (Å²) in [6.45, 7) is 8.07. The lowest BCUT2D eigenvalue weighted by atomic mass is 10.1. The molecule has 2 aromatic carbocycles. The smallest absolute Gasteiger partial charge is 0.246 e. The molecule has 1 aliphatic rings. The minimum atomic E-state index is -3.63. The van der Waals surface area contributed by atoms with Gasteiger partial charge in [0.2, 0.25) is 10.0 Å². The molecule has 0 N–H and O–H groups in total. The van der Waals surface area contributed by atoms with E-state index in [1.165, 1.54) is 18.3 Å². The number of anilines is 1. The van der Waals surface area contributed by atoms with Gasteiger partial charge in [-0.25, -0.2) is 17.5 Å².